The number of nitrogens with zero attached hydrogens (tertiary/aromatic N) is 1. The predicted octanol–water partition coefficient (Wildman–Crippen LogP) is 3.96. The van der Waals surface area contributed by atoms with Crippen LogP contribution >= 0.6 is 11.3 Å². The summed E-state index contributed by atoms with van der Waals surface area (Å²) in [5, 5.41) is 5.22. The van der Waals surface area contributed by atoms with Gasteiger partial charge in [0.2, 0.25) is 11.8 Å². The lowest BCUT2D eigenvalue weighted by Crippen LogP contribution is -2.61. The maximum Gasteiger partial charge on any atom is 0.228 e. The molecule has 2 fully saturated rings. The van der Waals surface area contributed by atoms with Gasteiger partial charge in [-0.1, -0.05) is 32.8 Å². The highest BCUT2D eigenvalue weighted by Crippen LogP contribution is 2.46. The van der Waals surface area contributed by atoms with E-state index in [0.29, 0.717) is 25.3 Å². The molecule has 0 spiro atoms. The van der Waals surface area contributed by atoms with E-state index in [2.05, 4.69) is 25.2 Å². The van der Waals surface area contributed by atoms with Gasteiger partial charge in [-0.2, -0.15) is 0 Å². The van der Waals surface area contributed by atoms with Crippen molar-refractivity contribution in [1.29, 1.82) is 0 Å². The topological polar surface area (TPSA) is 49.4 Å². The van der Waals surface area contributed by atoms with Crippen molar-refractivity contribution in [1.82, 2.24) is 10.2 Å². The number of nitrogens with one attached hydrogen (secondary N) is 1. The van der Waals surface area contributed by atoms with E-state index in [9.17, 15) is 9.59 Å². The lowest BCUT2D eigenvalue weighted by molar-refractivity contribution is -0.155. The Morgan fingerprint density at radius 2 is 2.24 bits per heavy atom. The van der Waals surface area contributed by atoms with Gasteiger partial charge in [0.15, 0.2) is 0 Å². The van der Waals surface area contributed by atoms with Crippen LogP contribution in [0.1, 0.15) is 63.7 Å². The first-order chi connectivity index (χ1) is 12.0. The van der Waals surface area contributed by atoms with Gasteiger partial charge in [-0.05, 0) is 43.0 Å². The van der Waals surface area contributed by atoms with Crippen LogP contribution in [0.3, 0.4) is 0 Å². The molecule has 138 valence electrons. The molecule has 5 heteroatoms. The molecular weight excluding hydrogens is 332 g/mol. The highest BCUT2D eigenvalue weighted by Gasteiger charge is 2.52. The van der Waals surface area contributed by atoms with Crippen LogP contribution in [-0.4, -0.2) is 29.3 Å². The zero-order chi connectivity index (χ0) is 17.9. The quantitative estimate of drug-likeness (QED) is 0.833. The Kier molecular flexibility index (Phi) is 5.82. The van der Waals surface area contributed by atoms with E-state index in [1.165, 1.54) is 4.88 Å². The summed E-state index contributed by atoms with van der Waals surface area (Å²) in [6.07, 6.45) is 6.34. The molecule has 2 amide bonds. The highest BCUT2D eigenvalue weighted by molar-refractivity contribution is 7.09. The number of hydrogen-bond acceptors (Lipinski definition) is 3. The van der Waals surface area contributed by atoms with E-state index in [0.717, 1.165) is 38.6 Å². The van der Waals surface area contributed by atoms with Crippen LogP contribution in [0.25, 0.3) is 0 Å². The van der Waals surface area contributed by atoms with Crippen LogP contribution in [0, 0.1) is 11.3 Å². The number of fused-ring (bicyclic) bond motifs is 1. The number of carbonyl (C=O) groups excluding carboxylic acids is 2. The number of hydrogen-bond donors (Lipinski definition) is 1. The van der Waals surface area contributed by atoms with Crippen molar-refractivity contribution in [2.45, 2.75) is 71.4 Å². The van der Waals surface area contributed by atoms with E-state index in [4.69, 9.17) is 0 Å². The molecule has 1 saturated heterocycles. The standard InChI is InChI=1S/C20H30N2O2S/c1-15(2)9-12-22-17-7-3-4-10-20(17,11-8-18(22)23)19(24)21-14-16-6-5-13-25-16/h5-6,13,15,17H,3-4,7-12,14H2,1-2H3,(H,21,24)/t17-,20-/m1/s1. The predicted molar refractivity (Wildman–Crippen MR) is 101 cm³/mol. The molecule has 0 bridgehead atoms. The van der Waals surface area contributed by atoms with E-state index in [-0.39, 0.29) is 23.3 Å². The average molecular weight is 363 g/mol. The maximum absolute atomic E-state index is 13.2. The van der Waals surface area contributed by atoms with Gasteiger partial charge < -0.3 is 10.2 Å². The lowest BCUT2D eigenvalue weighted by atomic mass is 9.64. The van der Waals surface area contributed by atoms with Gasteiger partial charge in [-0.3, -0.25) is 9.59 Å². The van der Waals surface area contributed by atoms with Gasteiger partial charge in [-0.15, -0.1) is 11.3 Å². The molecule has 25 heavy (non-hydrogen) atoms. The summed E-state index contributed by atoms with van der Waals surface area (Å²) >= 11 is 1.67. The van der Waals surface area contributed by atoms with Crippen molar-refractivity contribution in [2.24, 2.45) is 11.3 Å². The lowest BCUT2D eigenvalue weighted by Gasteiger charge is -2.51. The maximum atomic E-state index is 13.2. The monoisotopic (exact) mass is 362 g/mol. The number of likely N-dealkylation sites (tertiary alicyclic amines) is 1. The first kappa shape index (κ1) is 18.4. The first-order valence-corrected chi connectivity index (χ1v) is 10.5. The van der Waals surface area contributed by atoms with Gasteiger partial charge in [0.25, 0.3) is 0 Å². The fourth-order valence-corrected chi connectivity index (χ4v) is 5.07. The Balaban J connectivity index is 1.75. The van der Waals surface area contributed by atoms with Crippen molar-refractivity contribution >= 4 is 23.2 Å². The second kappa shape index (κ2) is 7.90. The minimum atomic E-state index is -0.375. The van der Waals surface area contributed by atoms with E-state index >= 15 is 0 Å². The van der Waals surface area contributed by atoms with Gasteiger partial charge in [0.05, 0.1) is 12.0 Å². The molecule has 1 aliphatic carbocycles. The summed E-state index contributed by atoms with van der Waals surface area (Å²) in [4.78, 5) is 29.0. The van der Waals surface area contributed by atoms with E-state index < -0.39 is 0 Å². The third-order valence-corrected chi connectivity index (χ3v) is 6.75. The number of carbonyl (C=O) groups is 2. The Bertz CT molecular complexity index is 599. The third kappa shape index (κ3) is 3.91. The van der Waals surface area contributed by atoms with Crippen LogP contribution in [-0.2, 0) is 16.1 Å². The number of thiophene rings is 1. The zero-order valence-electron chi connectivity index (χ0n) is 15.4. The fraction of sp³-hybridized carbons (Fsp3) is 0.700. The van der Waals surface area contributed by atoms with Gasteiger partial charge >= 0.3 is 0 Å². The van der Waals surface area contributed by atoms with Crippen molar-refractivity contribution in [3.63, 3.8) is 0 Å². The summed E-state index contributed by atoms with van der Waals surface area (Å²) in [6.45, 7) is 5.78. The van der Waals surface area contributed by atoms with Gasteiger partial charge in [0.1, 0.15) is 0 Å². The average Bonchev–Trinajstić information content (AvgIpc) is 3.12. The third-order valence-electron chi connectivity index (χ3n) is 5.87. The summed E-state index contributed by atoms with van der Waals surface area (Å²) < 4.78 is 0. The molecule has 1 saturated carbocycles. The van der Waals surface area contributed by atoms with Crippen molar-refractivity contribution < 1.29 is 9.59 Å². The minimum Gasteiger partial charge on any atom is -0.351 e. The molecule has 2 heterocycles. The summed E-state index contributed by atoms with van der Waals surface area (Å²) in [7, 11) is 0. The van der Waals surface area contributed by atoms with E-state index in [1.54, 1.807) is 11.3 Å². The Morgan fingerprint density at radius 1 is 1.40 bits per heavy atom. The van der Waals surface area contributed by atoms with Crippen molar-refractivity contribution in [3.8, 4) is 0 Å². The first-order valence-electron chi connectivity index (χ1n) is 9.63. The van der Waals surface area contributed by atoms with Gasteiger partial charge in [0, 0.05) is 23.9 Å². The summed E-state index contributed by atoms with van der Waals surface area (Å²) in [5.74, 6) is 0.974. The molecule has 1 aromatic rings. The van der Waals surface area contributed by atoms with Crippen molar-refractivity contribution in [2.75, 3.05) is 6.54 Å². The molecule has 0 unspecified atom stereocenters. The number of piperidine rings is 1. The van der Waals surface area contributed by atoms with Crippen LogP contribution < -0.4 is 5.32 Å². The molecule has 0 radical (unpaired) electrons. The number of rotatable bonds is 6. The SMILES string of the molecule is CC(C)CCN1C(=O)CC[C@]2(C(=O)NCc3cccs3)CCCC[C@@H]12. The molecular formula is C20H30N2O2S. The Labute approximate surface area is 155 Å². The minimum absolute atomic E-state index is 0.0876. The number of amides is 2. The van der Waals surface area contributed by atoms with Crippen LogP contribution in [0.5, 0.6) is 0 Å². The van der Waals surface area contributed by atoms with Crippen LogP contribution in [0.15, 0.2) is 17.5 Å². The molecule has 4 nitrogen and oxygen atoms in total. The van der Waals surface area contributed by atoms with E-state index in [1.807, 2.05) is 16.3 Å². The molecule has 1 aliphatic heterocycles. The Morgan fingerprint density at radius 3 is 2.96 bits per heavy atom. The molecule has 2 atom stereocenters. The molecule has 1 N–H and O–H groups in total. The second-order valence-electron chi connectivity index (χ2n) is 7.95. The van der Waals surface area contributed by atoms with Crippen LogP contribution in [0.4, 0.5) is 0 Å². The molecule has 2 aliphatic rings. The van der Waals surface area contributed by atoms with Crippen molar-refractivity contribution in [3.05, 3.63) is 22.4 Å². The molecule has 0 aromatic carbocycles. The zero-order valence-corrected chi connectivity index (χ0v) is 16.2. The normalized spacial score (nSPS) is 26.6. The molecule has 3 rings (SSSR count). The van der Waals surface area contributed by atoms with Gasteiger partial charge in [-0.25, -0.2) is 0 Å². The van der Waals surface area contributed by atoms with Crippen LogP contribution in [0.2, 0.25) is 0 Å². The molecule has 1 aromatic heterocycles. The highest BCUT2D eigenvalue weighted by atomic mass is 32.1. The smallest absolute Gasteiger partial charge is 0.228 e. The second-order valence-corrected chi connectivity index (χ2v) is 8.98. The largest absolute Gasteiger partial charge is 0.351 e. The fourth-order valence-electron chi connectivity index (χ4n) is 4.43. The summed E-state index contributed by atoms with van der Waals surface area (Å²) in [5.41, 5.74) is -0.375. The Hall–Kier alpha value is -1.36. The summed E-state index contributed by atoms with van der Waals surface area (Å²) in [6, 6.07) is 4.16.